The number of hydrogen-bond donors (Lipinski definition) is 1. The first-order valence-electron chi connectivity index (χ1n) is 4.56. The lowest BCUT2D eigenvalue weighted by Gasteiger charge is -2.17. The minimum absolute atomic E-state index is 0.0802. The number of nitrogens with two attached hydrogens (primary N) is 1. The van der Waals surface area contributed by atoms with Crippen LogP contribution in [0.25, 0.3) is 0 Å². The molecule has 0 unspecified atom stereocenters. The maximum atomic E-state index is 13.5. The van der Waals surface area contributed by atoms with Crippen LogP contribution in [0.5, 0.6) is 0 Å². The predicted molar refractivity (Wildman–Crippen MR) is 56.6 cm³/mol. The molecule has 1 aliphatic heterocycles. The first-order valence-corrected chi connectivity index (χ1v) is 6.17. The van der Waals surface area contributed by atoms with Crippen LogP contribution in [0.2, 0.25) is 0 Å². The average molecular weight is 230 g/mol. The molecule has 0 spiro atoms. The monoisotopic (exact) mass is 230 g/mol. The van der Waals surface area contributed by atoms with E-state index in [-0.39, 0.29) is 17.1 Å². The smallest absolute Gasteiger partial charge is 0.235 e. The molecule has 1 heterocycles. The second-order valence-corrected chi connectivity index (χ2v) is 5.47. The van der Waals surface area contributed by atoms with E-state index >= 15 is 0 Å². The van der Waals surface area contributed by atoms with Gasteiger partial charge in [-0.3, -0.25) is 4.31 Å². The third kappa shape index (κ3) is 1.77. The van der Waals surface area contributed by atoms with Crippen molar-refractivity contribution in [1.82, 2.24) is 0 Å². The van der Waals surface area contributed by atoms with Crippen LogP contribution in [0.15, 0.2) is 18.2 Å². The SMILES string of the molecule is Nc1ccc(N2CCCS2(=O)=O)c(F)c1. The fourth-order valence-electron chi connectivity index (χ4n) is 1.64. The predicted octanol–water partition coefficient (Wildman–Crippen LogP) is 0.948. The summed E-state index contributed by atoms with van der Waals surface area (Å²) in [6, 6.07) is 4.02. The van der Waals surface area contributed by atoms with E-state index in [1.807, 2.05) is 0 Å². The Morgan fingerprint density at radius 2 is 2.13 bits per heavy atom. The fourth-order valence-corrected chi connectivity index (χ4v) is 3.20. The summed E-state index contributed by atoms with van der Waals surface area (Å²) >= 11 is 0. The van der Waals surface area contributed by atoms with Crippen molar-refractivity contribution in [3.8, 4) is 0 Å². The Morgan fingerprint density at radius 3 is 2.67 bits per heavy atom. The van der Waals surface area contributed by atoms with Gasteiger partial charge in [0.15, 0.2) is 0 Å². The van der Waals surface area contributed by atoms with Gasteiger partial charge in [-0.2, -0.15) is 0 Å². The summed E-state index contributed by atoms with van der Waals surface area (Å²) in [5.74, 6) is -0.517. The highest BCUT2D eigenvalue weighted by molar-refractivity contribution is 7.93. The molecule has 0 aliphatic carbocycles. The highest BCUT2D eigenvalue weighted by Gasteiger charge is 2.30. The van der Waals surface area contributed by atoms with Gasteiger partial charge < -0.3 is 5.73 Å². The van der Waals surface area contributed by atoms with Crippen LogP contribution in [-0.2, 0) is 10.0 Å². The Bertz CT molecular complexity index is 487. The summed E-state index contributed by atoms with van der Waals surface area (Å²) < 4.78 is 37.6. The zero-order valence-electron chi connectivity index (χ0n) is 7.98. The van der Waals surface area contributed by atoms with Gasteiger partial charge in [0.05, 0.1) is 11.4 Å². The minimum Gasteiger partial charge on any atom is -0.399 e. The molecule has 0 amide bonds. The van der Waals surface area contributed by atoms with E-state index in [1.165, 1.54) is 12.1 Å². The van der Waals surface area contributed by atoms with Crippen molar-refractivity contribution in [2.24, 2.45) is 0 Å². The number of rotatable bonds is 1. The molecule has 2 rings (SSSR count). The molecule has 0 aromatic heterocycles. The summed E-state index contributed by atoms with van der Waals surface area (Å²) in [6.45, 7) is 0.336. The molecule has 1 aromatic carbocycles. The molecule has 0 bridgehead atoms. The number of anilines is 2. The second kappa shape index (κ2) is 3.37. The molecule has 4 nitrogen and oxygen atoms in total. The van der Waals surface area contributed by atoms with E-state index < -0.39 is 15.8 Å². The first kappa shape index (κ1) is 10.2. The zero-order chi connectivity index (χ0) is 11.1. The quantitative estimate of drug-likeness (QED) is 0.730. The molecular weight excluding hydrogens is 219 g/mol. The van der Waals surface area contributed by atoms with Crippen molar-refractivity contribution < 1.29 is 12.8 Å². The number of halogens is 1. The highest BCUT2D eigenvalue weighted by Crippen LogP contribution is 2.27. The van der Waals surface area contributed by atoms with E-state index in [0.29, 0.717) is 13.0 Å². The van der Waals surface area contributed by atoms with Gasteiger partial charge in [0.1, 0.15) is 5.82 Å². The van der Waals surface area contributed by atoms with Gasteiger partial charge in [0.2, 0.25) is 10.0 Å². The number of nitrogens with zero attached hydrogens (tertiary/aromatic N) is 1. The van der Waals surface area contributed by atoms with E-state index in [9.17, 15) is 12.8 Å². The Balaban J connectivity index is 2.46. The molecule has 6 heteroatoms. The van der Waals surface area contributed by atoms with Gasteiger partial charge in [0, 0.05) is 12.2 Å². The summed E-state index contributed by atoms with van der Waals surface area (Å²) in [4.78, 5) is 0. The summed E-state index contributed by atoms with van der Waals surface area (Å²) in [5, 5.41) is 0. The van der Waals surface area contributed by atoms with Crippen LogP contribution < -0.4 is 10.0 Å². The number of nitrogen functional groups attached to an aromatic ring is 1. The van der Waals surface area contributed by atoms with Gasteiger partial charge in [-0.05, 0) is 24.6 Å². The molecule has 15 heavy (non-hydrogen) atoms. The largest absolute Gasteiger partial charge is 0.399 e. The van der Waals surface area contributed by atoms with E-state index in [2.05, 4.69) is 0 Å². The van der Waals surface area contributed by atoms with E-state index in [0.717, 1.165) is 10.4 Å². The lowest BCUT2D eigenvalue weighted by atomic mass is 10.2. The molecule has 1 saturated heterocycles. The average Bonchev–Trinajstić information content (AvgIpc) is 2.46. The van der Waals surface area contributed by atoms with Gasteiger partial charge in [-0.15, -0.1) is 0 Å². The summed E-state index contributed by atoms with van der Waals surface area (Å²) in [7, 11) is -3.32. The summed E-state index contributed by atoms with van der Waals surface area (Å²) in [6.07, 6.45) is 0.534. The molecule has 0 atom stereocenters. The van der Waals surface area contributed by atoms with Gasteiger partial charge >= 0.3 is 0 Å². The topological polar surface area (TPSA) is 63.4 Å². The number of sulfonamides is 1. The van der Waals surface area contributed by atoms with Crippen molar-refractivity contribution in [2.45, 2.75) is 6.42 Å². The lowest BCUT2D eigenvalue weighted by molar-refractivity contribution is 0.595. The molecule has 0 saturated carbocycles. The third-order valence-electron chi connectivity index (χ3n) is 2.34. The highest BCUT2D eigenvalue weighted by atomic mass is 32.2. The van der Waals surface area contributed by atoms with Crippen LogP contribution >= 0.6 is 0 Å². The van der Waals surface area contributed by atoms with Crippen molar-refractivity contribution in [1.29, 1.82) is 0 Å². The molecule has 82 valence electrons. The maximum Gasteiger partial charge on any atom is 0.235 e. The fraction of sp³-hybridized carbons (Fsp3) is 0.333. The molecule has 1 aliphatic rings. The number of benzene rings is 1. The second-order valence-electron chi connectivity index (χ2n) is 3.45. The van der Waals surface area contributed by atoms with Crippen LogP contribution in [0.1, 0.15) is 6.42 Å². The van der Waals surface area contributed by atoms with Crippen LogP contribution in [0.3, 0.4) is 0 Å². The maximum absolute atomic E-state index is 13.5. The molecule has 1 aromatic rings. The van der Waals surface area contributed by atoms with Crippen molar-refractivity contribution in [3.63, 3.8) is 0 Å². The number of hydrogen-bond acceptors (Lipinski definition) is 3. The van der Waals surface area contributed by atoms with Gasteiger partial charge in [0.25, 0.3) is 0 Å². The van der Waals surface area contributed by atoms with Crippen molar-refractivity contribution in [2.75, 3.05) is 22.3 Å². The Kier molecular flexibility index (Phi) is 2.30. The molecule has 2 N–H and O–H groups in total. The normalized spacial score (nSPS) is 19.4. The first-order chi connectivity index (χ1) is 7.00. The van der Waals surface area contributed by atoms with E-state index in [1.54, 1.807) is 0 Å². The van der Waals surface area contributed by atoms with E-state index in [4.69, 9.17) is 5.73 Å². The van der Waals surface area contributed by atoms with Gasteiger partial charge in [-0.1, -0.05) is 0 Å². The Hall–Kier alpha value is -1.30. The molecular formula is C9H11FN2O2S. The standard InChI is InChI=1S/C9H11FN2O2S/c10-8-6-7(11)2-3-9(8)12-4-1-5-15(12,13)14/h2-3,6H,1,4-5,11H2. The molecule has 1 fully saturated rings. The zero-order valence-corrected chi connectivity index (χ0v) is 8.80. The third-order valence-corrected chi connectivity index (χ3v) is 4.20. The van der Waals surface area contributed by atoms with Crippen molar-refractivity contribution >= 4 is 21.4 Å². The van der Waals surface area contributed by atoms with Crippen LogP contribution in [-0.4, -0.2) is 20.7 Å². The minimum atomic E-state index is -3.32. The van der Waals surface area contributed by atoms with Crippen molar-refractivity contribution in [3.05, 3.63) is 24.0 Å². The lowest BCUT2D eigenvalue weighted by Crippen LogP contribution is -2.26. The van der Waals surface area contributed by atoms with Gasteiger partial charge in [-0.25, -0.2) is 12.8 Å². The Morgan fingerprint density at radius 1 is 1.40 bits per heavy atom. The summed E-state index contributed by atoms with van der Waals surface area (Å²) in [5.41, 5.74) is 5.76. The Labute approximate surface area is 87.5 Å². The van der Waals surface area contributed by atoms with Crippen LogP contribution in [0.4, 0.5) is 15.8 Å². The van der Waals surface area contributed by atoms with Crippen LogP contribution in [0, 0.1) is 5.82 Å². The molecule has 0 radical (unpaired) electrons.